The van der Waals surface area contributed by atoms with Gasteiger partial charge in [0.15, 0.2) is 9.84 Å². The summed E-state index contributed by atoms with van der Waals surface area (Å²) in [7, 11) is -3.43. The fourth-order valence-corrected chi connectivity index (χ4v) is 6.90. The summed E-state index contributed by atoms with van der Waals surface area (Å²) in [5.41, 5.74) is 0.230. The van der Waals surface area contributed by atoms with Crippen molar-refractivity contribution in [3.05, 3.63) is 29.8 Å². The quantitative estimate of drug-likeness (QED) is 0.653. The van der Waals surface area contributed by atoms with Gasteiger partial charge >= 0.3 is 0 Å². The zero-order valence-corrected chi connectivity index (χ0v) is 17.2. The summed E-state index contributed by atoms with van der Waals surface area (Å²) in [6, 6.07) is 5.54. The second-order valence-corrected chi connectivity index (χ2v) is 11.4. The minimum atomic E-state index is -3.63. The summed E-state index contributed by atoms with van der Waals surface area (Å²) in [6.45, 7) is 0.981. The first-order valence-electron chi connectivity index (χ1n) is 8.93. The van der Waals surface area contributed by atoms with Crippen LogP contribution >= 0.6 is 0 Å². The van der Waals surface area contributed by atoms with E-state index < -0.39 is 31.8 Å². The summed E-state index contributed by atoms with van der Waals surface area (Å²) in [5, 5.41) is 2.97. The zero-order valence-electron chi connectivity index (χ0n) is 15.5. The van der Waals surface area contributed by atoms with Crippen LogP contribution < -0.4 is 0 Å². The van der Waals surface area contributed by atoms with Gasteiger partial charge in [0.1, 0.15) is 0 Å². The Hall–Kier alpha value is -1.49. The molecule has 0 saturated carbocycles. The predicted molar refractivity (Wildman–Crippen MR) is 101 cm³/mol. The largest absolute Gasteiger partial charge is 0.268 e. The highest BCUT2D eigenvalue weighted by molar-refractivity contribution is 7.91. The van der Waals surface area contributed by atoms with Gasteiger partial charge in [-0.3, -0.25) is 9.80 Å². The number of nitrogens with zero attached hydrogens (tertiary/aromatic N) is 3. The molecule has 1 aromatic carbocycles. The van der Waals surface area contributed by atoms with Gasteiger partial charge in [-0.05, 0) is 37.5 Å². The van der Waals surface area contributed by atoms with Gasteiger partial charge in [-0.25, -0.2) is 21.8 Å². The van der Waals surface area contributed by atoms with Gasteiger partial charge < -0.3 is 0 Å². The summed E-state index contributed by atoms with van der Waals surface area (Å²) < 4.78 is 50.6. The topological polar surface area (TPSA) is 95.1 Å². The minimum absolute atomic E-state index is 0.0542. The predicted octanol–water partition coefficient (Wildman–Crippen LogP) is 0.577. The summed E-state index contributed by atoms with van der Waals surface area (Å²) in [6.07, 6.45) is 2.04. The van der Waals surface area contributed by atoms with E-state index in [0.29, 0.717) is 19.5 Å². The third-order valence-corrected chi connectivity index (χ3v) is 8.62. The normalized spacial score (nSPS) is 23.0. The molecule has 0 unspecified atom stereocenters. The van der Waals surface area contributed by atoms with E-state index in [1.54, 1.807) is 31.2 Å². The Labute approximate surface area is 160 Å². The van der Waals surface area contributed by atoms with Crippen LogP contribution in [-0.2, 0) is 19.9 Å². The molecule has 150 valence electrons. The molecule has 0 aliphatic carbocycles. The van der Waals surface area contributed by atoms with Gasteiger partial charge in [-0.2, -0.15) is 4.31 Å². The number of rotatable bonds is 5. The first kappa shape index (κ1) is 20.2. The van der Waals surface area contributed by atoms with Crippen LogP contribution in [-0.4, -0.2) is 81.8 Å². The van der Waals surface area contributed by atoms with Crippen LogP contribution in [0.3, 0.4) is 0 Å². The molecular formula is C17H25N3O5S2. The van der Waals surface area contributed by atoms with Crippen molar-refractivity contribution in [1.82, 2.24) is 14.3 Å². The van der Waals surface area contributed by atoms with Crippen molar-refractivity contribution in [3.63, 3.8) is 0 Å². The van der Waals surface area contributed by atoms with Gasteiger partial charge in [0.2, 0.25) is 10.0 Å². The molecule has 1 aromatic rings. The van der Waals surface area contributed by atoms with Crippen LogP contribution in [0.5, 0.6) is 0 Å². The van der Waals surface area contributed by atoms with Crippen LogP contribution in [0.25, 0.3) is 0 Å². The van der Waals surface area contributed by atoms with E-state index in [1.807, 2.05) is 0 Å². The Morgan fingerprint density at radius 2 is 1.85 bits per heavy atom. The Morgan fingerprint density at radius 3 is 2.41 bits per heavy atom. The number of sulfonamides is 1. The van der Waals surface area contributed by atoms with Crippen molar-refractivity contribution in [3.8, 4) is 0 Å². The highest BCUT2D eigenvalue weighted by Gasteiger charge is 2.37. The lowest BCUT2D eigenvalue weighted by molar-refractivity contribution is 0.000988. The number of carbonyl (C=O) groups is 1. The maximum Gasteiger partial charge on any atom is 0.268 e. The minimum Gasteiger partial charge on any atom is -0.268 e. The number of hydrogen-bond donors (Lipinski definition) is 0. The average molecular weight is 416 g/mol. The number of benzene rings is 1. The highest BCUT2D eigenvalue weighted by Crippen LogP contribution is 2.24. The van der Waals surface area contributed by atoms with Gasteiger partial charge in [0.05, 0.1) is 22.4 Å². The zero-order chi connectivity index (χ0) is 19.8. The van der Waals surface area contributed by atoms with E-state index in [9.17, 15) is 21.6 Å². The van der Waals surface area contributed by atoms with Crippen LogP contribution in [0.4, 0.5) is 0 Å². The van der Waals surface area contributed by atoms with Crippen molar-refractivity contribution < 1.29 is 21.6 Å². The second kappa shape index (κ2) is 7.50. The molecule has 0 bridgehead atoms. The third kappa shape index (κ3) is 4.18. The second-order valence-electron chi connectivity index (χ2n) is 7.19. The van der Waals surface area contributed by atoms with Crippen LogP contribution in [0.15, 0.2) is 29.2 Å². The Balaban J connectivity index is 1.90. The highest BCUT2D eigenvalue weighted by atomic mass is 32.2. The number of carbonyl (C=O) groups excluding carboxylic acids is 1. The molecule has 0 radical (unpaired) electrons. The van der Waals surface area contributed by atoms with Gasteiger partial charge in [-0.1, -0.05) is 6.07 Å². The molecule has 0 spiro atoms. The van der Waals surface area contributed by atoms with E-state index in [1.165, 1.54) is 21.4 Å². The molecular weight excluding hydrogens is 390 g/mol. The lowest BCUT2D eigenvalue weighted by atomic mass is 10.1. The summed E-state index contributed by atoms with van der Waals surface area (Å²) in [4.78, 5) is 13.2. The summed E-state index contributed by atoms with van der Waals surface area (Å²) >= 11 is 0. The van der Waals surface area contributed by atoms with Crippen LogP contribution in [0.2, 0.25) is 0 Å². The molecule has 2 fully saturated rings. The van der Waals surface area contributed by atoms with Gasteiger partial charge in [0.25, 0.3) is 5.91 Å². The van der Waals surface area contributed by atoms with Gasteiger partial charge in [0, 0.05) is 32.7 Å². The first-order chi connectivity index (χ1) is 12.6. The first-order valence-corrected chi connectivity index (χ1v) is 12.2. The number of amides is 1. The molecule has 2 saturated heterocycles. The maximum atomic E-state index is 13.1. The van der Waals surface area contributed by atoms with E-state index in [4.69, 9.17) is 0 Å². The van der Waals surface area contributed by atoms with Crippen molar-refractivity contribution in [2.24, 2.45) is 0 Å². The fraction of sp³-hybridized carbons (Fsp3) is 0.588. The van der Waals surface area contributed by atoms with Crippen LogP contribution in [0, 0.1) is 0 Å². The lowest BCUT2D eigenvalue weighted by Gasteiger charge is -2.33. The molecule has 1 atom stereocenters. The molecule has 0 aromatic heterocycles. The molecule has 2 aliphatic rings. The standard InChI is InChI=1S/C17H25N3O5S2/c1-18(2)20(15-8-11-26(22,23)13-15)17(21)14-6-5-7-16(12-14)27(24,25)19-9-3-4-10-19/h5-7,12,15H,3-4,8-11,13H2,1-2H3/t15-/m1/s1. The van der Waals surface area contributed by atoms with E-state index >= 15 is 0 Å². The molecule has 27 heavy (non-hydrogen) atoms. The average Bonchev–Trinajstić information content (AvgIpc) is 3.25. The fourth-order valence-electron chi connectivity index (χ4n) is 3.64. The van der Waals surface area contributed by atoms with E-state index in [2.05, 4.69) is 0 Å². The van der Waals surface area contributed by atoms with Crippen molar-refractivity contribution in [1.29, 1.82) is 0 Å². The number of sulfone groups is 1. The Morgan fingerprint density at radius 1 is 1.19 bits per heavy atom. The number of hydrazine groups is 1. The summed E-state index contributed by atoms with van der Waals surface area (Å²) in [5.74, 6) is -0.429. The van der Waals surface area contributed by atoms with E-state index in [-0.39, 0.29) is 22.0 Å². The smallest absolute Gasteiger partial charge is 0.268 e. The lowest BCUT2D eigenvalue weighted by Crippen LogP contribution is -2.49. The molecule has 3 rings (SSSR count). The molecule has 8 nitrogen and oxygen atoms in total. The van der Waals surface area contributed by atoms with Crippen molar-refractivity contribution in [2.75, 3.05) is 38.7 Å². The van der Waals surface area contributed by atoms with Crippen molar-refractivity contribution in [2.45, 2.75) is 30.2 Å². The molecule has 2 heterocycles. The van der Waals surface area contributed by atoms with Crippen LogP contribution in [0.1, 0.15) is 29.6 Å². The SMILES string of the molecule is CN(C)N(C(=O)c1cccc(S(=O)(=O)N2CCCC2)c1)[C@@H]1CCS(=O)(=O)C1. The number of hydrogen-bond acceptors (Lipinski definition) is 6. The monoisotopic (exact) mass is 415 g/mol. The Kier molecular flexibility index (Phi) is 5.62. The molecule has 0 N–H and O–H groups in total. The van der Waals surface area contributed by atoms with Crippen molar-refractivity contribution >= 4 is 25.8 Å². The molecule has 1 amide bonds. The van der Waals surface area contributed by atoms with E-state index in [0.717, 1.165) is 12.8 Å². The molecule has 10 heteroatoms. The Bertz CT molecular complexity index is 922. The third-order valence-electron chi connectivity index (χ3n) is 4.98. The molecule has 2 aliphatic heterocycles. The van der Waals surface area contributed by atoms with Gasteiger partial charge in [-0.15, -0.1) is 0 Å². The maximum absolute atomic E-state index is 13.1.